The third kappa shape index (κ3) is 3.80. The predicted octanol–water partition coefficient (Wildman–Crippen LogP) is 2.27. The Bertz CT molecular complexity index is 671. The molecule has 1 amide bonds. The molecule has 0 aliphatic carbocycles. The van der Waals surface area contributed by atoms with Crippen molar-refractivity contribution in [3.8, 4) is 0 Å². The van der Waals surface area contributed by atoms with Crippen LogP contribution in [0.15, 0.2) is 41.8 Å². The number of likely N-dealkylation sites (tertiary alicyclic amines) is 1. The van der Waals surface area contributed by atoms with Gasteiger partial charge in [0.15, 0.2) is 0 Å². The number of β-amino-alcohol motifs (C(OH)–C–C–N with tert-alkyl or cyclic N) is 1. The van der Waals surface area contributed by atoms with Crippen LogP contribution in [-0.2, 0) is 16.9 Å². The van der Waals surface area contributed by atoms with Crippen molar-refractivity contribution in [2.45, 2.75) is 25.5 Å². The first-order valence-corrected chi connectivity index (χ1v) is 8.75. The van der Waals surface area contributed by atoms with Gasteiger partial charge in [-0.05, 0) is 35.9 Å². The lowest BCUT2D eigenvalue weighted by Gasteiger charge is -2.25. The van der Waals surface area contributed by atoms with Gasteiger partial charge in [0.2, 0.25) is 5.91 Å². The number of aliphatic hydroxyl groups is 1. The molecule has 2 aromatic rings. The average molecular weight is 330 g/mol. The molecule has 2 heterocycles. The van der Waals surface area contributed by atoms with Crippen LogP contribution >= 0.6 is 11.3 Å². The number of nitrogens with one attached hydrogen (secondary N) is 1. The molecule has 3 rings (SSSR count). The molecule has 1 fully saturated rings. The summed E-state index contributed by atoms with van der Waals surface area (Å²) in [7, 11) is 0. The summed E-state index contributed by atoms with van der Waals surface area (Å²) in [5, 5.41) is 15.9. The van der Waals surface area contributed by atoms with Crippen LogP contribution in [-0.4, -0.2) is 35.5 Å². The third-order valence-electron chi connectivity index (χ3n) is 4.38. The van der Waals surface area contributed by atoms with E-state index in [0.717, 1.165) is 22.5 Å². The van der Waals surface area contributed by atoms with Crippen LogP contribution in [0.4, 0.5) is 0 Å². The number of rotatable bonds is 5. The van der Waals surface area contributed by atoms with Crippen LogP contribution in [0.3, 0.4) is 0 Å². The van der Waals surface area contributed by atoms with Gasteiger partial charge in [0, 0.05) is 18.0 Å². The van der Waals surface area contributed by atoms with Gasteiger partial charge in [-0.1, -0.05) is 30.3 Å². The van der Waals surface area contributed by atoms with E-state index in [2.05, 4.69) is 5.32 Å². The maximum absolute atomic E-state index is 12.1. The molecule has 122 valence electrons. The molecule has 1 atom stereocenters. The summed E-state index contributed by atoms with van der Waals surface area (Å²) >= 11 is 1.64. The van der Waals surface area contributed by atoms with E-state index in [1.165, 1.54) is 0 Å². The summed E-state index contributed by atoms with van der Waals surface area (Å²) < 4.78 is 0. The molecule has 2 N–H and O–H groups in total. The third-order valence-corrected chi connectivity index (χ3v) is 5.26. The average Bonchev–Trinajstić information content (AvgIpc) is 3.16. The van der Waals surface area contributed by atoms with E-state index in [1.54, 1.807) is 11.3 Å². The molecule has 1 aliphatic heterocycles. The van der Waals surface area contributed by atoms with E-state index in [1.807, 2.05) is 53.6 Å². The van der Waals surface area contributed by atoms with Gasteiger partial charge in [-0.2, -0.15) is 0 Å². The number of aryl methyl sites for hydroxylation is 1. The minimum absolute atomic E-state index is 0.00688. The summed E-state index contributed by atoms with van der Waals surface area (Å²) in [6.45, 7) is 4.16. The van der Waals surface area contributed by atoms with Crippen molar-refractivity contribution in [3.63, 3.8) is 0 Å². The molecule has 1 aliphatic rings. The van der Waals surface area contributed by atoms with Gasteiger partial charge < -0.3 is 10.4 Å². The molecule has 1 aromatic heterocycles. The van der Waals surface area contributed by atoms with Gasteiger partial charge >= 0.3 is 0 Å². The maximum Gasteiger partial charge on any atom is 0.234 e. The topological polar surface area (TPSA) is 52.6 Å². The Balaban J connectivity index is 1.55. The highest BCUT2D eigenvalue weighted by Gasteiger charge is 2.38. The Hall–Kier alpha value is -1.69. The SMILES string of the molecule is Cc1ccccc1C1(O)CCN(CC(=O)NCc2cccs2)C1. The Morgan fingerprint density at radius 1 is 1.35 bits per heavy atom. The quantitative estimate of drug-likeness (QED) is 0.884. The van der Waals surface area contributed by atoms with E-state index >= 15 is 0 Å². The van der Waals surface area contributed by atoms with Crippen LogP contribution in [0.25, 0.3) is 0 Å². The molecule has 0 radical (unpaired) electrons. The lowest BCUT2D eigenvalue weighted by Crippen LogP contribution is -2.38. The number of thiophene rings is 1. The van der Waals surface area contributed by atoms with Crippen molar-refractivity contribution in [2.24, 2.45) is 0 Å². The largest absolute Gasteiger partial charge is 0.384 e. The zero-order valence-corrected chi connectivity index (χ0v) is 14.1. The molecule has 0 bridgehead atoms. The van der Waals surface area contributed by atoms with Crippen molar-refractivity contribution in [1.29, 1.82) is 0 Å². The lowest BCUT2D eigenvalue weighted by molar-refractivity contribution is -0.122. The van der Waals surface area contributed by atoms with E-state index in [0.29, 0.717) is 26.1 Å². The molecular weight excluding hydrogens is 308 g/mol. The molecular formula is C18H22N2O2S. The number of hydrogen-bond acceptors (Lipinski definition) is 4. The van der Waals surface area contributed by atoms with Gasteiger partial charge in [0.1, 0.15) is 5.60 Å². The minimum Gasteiger partial charge on any atom is -0.384 e. The first-order chi connectivity index (χ1) is 11.1. The van der Waals surface area contributed by atoms with Gasteiger partial charge in [0.05, 0.1) is 13.1 Å². The van der Waals surface area contributed by atoms with Gasteiger partial charge in [-0.3, -0.25) is 9.69 Å². The minimum atomic E-state index is -0.848. The highest BCUT2D eigenvalue weighted by atomic mass is 32.1. The first kappa shape index (κ1) is 16.2. The van der Waals surface area contributed by atoms with Crippen LogP contribution in [0.5, 0.6) is 0 Å². The van der Waals surface area contributed by atoms with Crippen molar-refractivity contribution < 1.29 is 9.90 Å². The van der Waals surface area contributed by atoms with Crippen molar-refractivity contribution in [3.05, 3.63) is 57.8 Å². The molecule has 5 heteroatoms. The van der Waals surface area contributed by atoms with E-state index in [-0.39, 0.29) is 5.91 Å². The fourth-order valence-electron chi connectivity index (χ4n) is 3.18. The standard InChI is InChI=1S/C18H22N2O2S/c1-14-5-2-3-7-16(14)18(22)8-9-20(13-18)12-17(21)19-11-15-6-4-10-23-15/h2-7,10,22H,8-9,11-13H2,1H3,(H,19,21). The number of nitrogens with zero attached hydrogens (tertiary/aromatic N) is 1. The van der Waals surface area contributed by atoms with Crippen LogP contribution in [0.1, 0.15) is 22.4 Å². The summed E-state index contributed by atoms with van der Waals surface area (Å²) in [4.78, 5) is 15.3. The Kier molecular flexibility index (Phi) is 4.80. The zero-order valence-electron chi connectivity index (χ0n) is 13.3. The second-order valence-electron chi connectivity index (χ2n) is 6.16. The lowest BCUT2D eigenvalue weighted by atomic mass is 9.89. The highest BCUT2D eigenvalue weighted by Crippen LogP contribution is 2.33. The van der Waals surface area contributed by atoms with E-state index < -0.39 is 5.60 Å². The van der Waals surface area contributed by atoms with Gasteiger partial charge in [-0.25, -0.2) is 0 Å². The van der Waals surface area contributed by atoms with Crippen molar-refractivity contribution in [2.75, 3.05) is 19.6 Å². The molecule has 4 nitrogen and oxygen atoms in total. The summed E-state index contributed by atoms with van der Waals surface area (Å²) in [5.41, 5.74) is 1.22. The maximum atomic E-state index is 12.1. The fraction of sp³-hybridized carbons (Fsp3) is 0.389. The monoisotopic (exact) mass is 330 g/mol. The van der Waals surface area contributed by atoms with Gasteiger partial charge in [-0.15, -0.1) is 11.3 Å². The number of carbonyl (C=O) groups is 1. The first-order valence-electron chi connectivity index (χ1n) is 7.87. The van der Waals surface area contributed by atoms with Crippen LogP contribution in [0, 0.1) is 6.92 Å². The molecule has 0 saturated carbocycles. The van der Waals surface area contributed by atoms with E-state index in [9.17, 15) is 9.90 Å². The van der Waals surface area contributed by atoms with Gasteiger partial charge in [0.25, 0.3) is 0 Å². The molecule has 23 heavy (non-hydrogen) atoms. The second-order valence-corrected chi connectivity index (χ2v) is 7.20. The molecule has 1 saturated heterocycles. The Morgan fingerprint density at radius 2 is 2.17 bits per heavy atom. The van der Waals surface area contributed by atoms with Crippen LogP contribution < -0.4 is 5.32 Å². The fourth-order valence-corrected chi connectivity index (χ4v) is 3.82. The van der Waals surface area contributed by atoms with Crippen LogP contribution in [0.2, 0.25) is 0 Å². The summed E-state index contributed by atoms with van der Waals surface area (Å²) in [6.07, 6.45) is 0.663. The van der Waals surface area contributed by atoms with Crippen molar-refractivity contribution in [1.82, 2.24) is 10.2 Å². The zero-order chi connectivity index (χ0) is 16.3. The Labute approximate surface area is 140 Å². The molecule has 1 unspecified atom stereocenters. The number of amides is 1. The highest BCUT2D eigenvalue weighted by molar-refractivity contribution is 7.09. The summed E-state index contributed by atoms with van der Waals surface area (Å²) in [6, 6.07) is 11.9. The normalized spacial score (nSPS) is 21.5. The number of carbonyl (C=O) groups excluding carboxylic acids is 1. The molecule has 0 spiro atoms. The second kappa shape index (κ2) is 6.83. The number of benzene rings is 1. The van der Waals surface area contributed by atoms with Crippen molar-refractivity contribution >= 4 is 17.2 Å². The smallest absolute Gasteiger partial charge is 0.234 e. The molecule has 1 aromatic carbocycles. The predicted molar refractivity (Wildman–Crippen MR) is 92.3 cm³/mol. The summed E-state index contributed by atoms with van der Waals surface area (Å²) in [5.74, 6) is 0.00688. The number of hydrogen-bond donors (Lipinski definition) is 2. The van der Waals surface area contributed by atoms with E-state index in [4.69, 9.17) is 0 Å². The Morgan fingerprint density at radius 3 is 2.91 bits per heavy atom.